The second-order valence-electron chi connectivity index (χ2n) is 2.39. The van der Waals surface area contributed by atoms with Gasteiger partial charge in [0, 0.05) is 6.07 Å². The predicted molar refractivity (Wildman–Crippen MR) is 40.6 cm³/mol. The van der Waals surface area contributed by atoms with Crippen molar-refractivity contribution in [1.82, 2.24) is 4.98 Å². The van der Waals surface area contributed by atoms with Gasteiger partial charge in [-0.1, -0.05) is 11.6 Å². The summed E-state index contributed by atoms with van der Waals surface area (Å²) in [6, 6.07) is 0.540. The molecule has 0 bridgehead atoms. The fourth-order valence-electron chi connectivity index (χ4n) is 0.763. The average molecular weight is 230 g/mol. The number of alkyl halides is 3. The zero-order valence-electron chi connectivity index (χ0n) is 6.82. The van der Waals surface area contributed by atoms with Crippen molar-refractivity contribution in [2.75, 3.05) is 0 Å². The average Bonchev–Trinajstić information content (AvgIpc) is 1.97. The summed E-state index contributed by atoms with van der Waals surface area (Å²) >= 11 is 5.23. The van der Waals surface area contributed by atoms with Gasteiger partial charge in [0.05, 0.1) is 5.69 Å². The Labute approximate surface area is 81.5 Å². The summed E-state index contributed by atoms with van der Waals surface area (Å²) in [6.45, 7) is 1.23. The number of aryl methyl sites for hydroxylation is 1. The summed E-state index contributed by atoms with van der Waals surface area (Å²) in [6.07, 6.45) is -4.87. The lowest BCUT2D eigenvalue weighted by Gasteiger charge is -2.10. The highest BCUT2D eigenvalue weighted by atomic mass is 35.5. The first-order chi connectivity index (χ1) is 6.29. The van der Waals surface area contributed by atoms with Gasteiger partial charge in [0.2, 0.25) is 0 Å². The Hall–Kier alpha value is -1.04. The van der Waals surface area contributed by atoms with Crippen molar-refractivity contribution in [1.29, 1.82) is 0 Å². The smallest absolute Gasteiger partial charge is 0.404 e. The second kappa shape index (κ2) is 3.61. The molecule has 0 spiro atoms. The van der Waals surface area contributed by atoms with E-state index in [4.69, 9.17) is 11.6 Å². The summed E-state index contributed by atoms with van der Waals surface area (Å²) in [5.41, 5.74) is -0.131. The van der Waals surface area contributed by atoms with Crippen molar-refractivity contribution in [2.45, 2.75) is 13.3 Å². The summed E-state index contributed by atoms with van der Waals surface area (Å²) in [5.74, 6) is -1.75. The molecule has 0 fully saturated rings. The van der Waals surface area contributed by atoms with E-state index >= 15 is 0 Å². The molecule has 0 aliphatic heterocycles. The maximum absolute atomic E-state index is 12.7. The molecule has 0 radical (unpaired) electrons. The Balaban J connectivity index is 3.04. The number of ether oxygens (including phenoxy) is 1. The van der Waals surface area contributed by atoms with Crippen LogP contribution in [-0.2, 0) is 0 Å². The topological polar surface area (TPSA) is 22.1 Å². The number of hydrogen-bond donors (Lipinski definition) is 0. The molecule has 0 unspecified atom stereocenters. The minimum atomic E-state index is -4.87. The molecule has 2 nitrogen and oxygen atoms in total. The highest BCUT2D eigenvalue weighted by Gasteiger charge is 2.32. The van der Waals surface area contributed by atoms with Gasteiger partial charge >= 0.3 is 6.36 Å². The summed E-state index contributed by atoms with van der Waals surface area (Å²) in [4.78, 5) is 3.32. The fraction of sp³-hybridized carbons (Fsp3) is 0.286. The monoisotopic (exact) mass is 229 g/mol. The van der Waals surface area contributed by atoms with Crippen LogP contribution in [0.2, 0.25) is 5.15 Å². The van der Waals surface area contributed by atoms with Crippen LogP contribution in [0.25, 0.3) is 0 Å². The molecule has 0 atom stereocenters. The highest BCUT2D eigenvalue weighted by Crippen LogP contribution is 2.27. The van der Waals surface area contributed by atoms with E-state index in [1.54, 1.807) is 0 Å². The van der Waals surface area contributed by atoms with Crippen molar-refractivity contribution in [3.8, 4) is 5.75 Å². The van der Waals surface area contributed by atoms with Gasteiger partial charge in [0.15, 0.2) is 16.7 Å². The number of rotatable bonds is 1. The standard InChI is InChI=1S/C7H4ClF4NO/c1-3-5(14-7(10,11)12)2-4(9)6(8)13-3/h2H,1H3. The third-order valence-electron chi connectivity index (χ3n) is 1.30. The Kier molecular flexibility index (Phi) is 2.84. The summed E-state index contributed by atoms with van der Waals surface area (Å²) < 4.78 is 51.4. The second-order valence-corrected chi connectivity index (χ2v) is 2.75. The van der Waals surface area contributed by atoms with Gasteiger partial charge in [-0.25, -0.2) is 9.37 Å². The molecule has 1 rings (SSSR count). The number of pyridine rings is 1. The maximum Gasteiger partial charge on any atom is 0.573 e. The minimum Gasteiger partial charge on any atom is -0.404 e. The number of hydrogen-bond acceptors (Lipinski definition) is 2. The van der Waals surface area contributed by atoms with E-state index in [1.165, 1.54) is 6.92 Å². The van der Waals surface area contributed by atoms with Gasteiger partial charge in [-0.3, -0.25) is 0 Å². The molecule has 0 saturated carbocycles. The van der Waals surface area contributed by atoms with Crippen molar-refractivity contribution < 1.29 is 22.3 Å². The normalized spacial score (nSPS) is 11.6. The van der Waals surface area contributed by atoms with E-state index in [0.717, 1.165) is 0 Å². The molecule has 0 aliphatic rings. The summed E-state index contributed by atoms with van der Waals surface area (Å²) in [5, 5.41) is -0.489. The van der Waals surface area contributed by atoms with Crippen LogP contribution in [0.1, 0.15) is 5.69 Å². The molecule has 1 aromatic heterocycles. The lowest BCUT2D eigenvalue weighted by molar-refractivity contribution is -0.275. The van der Waals surface area contributed by atoms with E-state index in [9.17, 15) is 17.6 Å². The van der Waals surface area contributed by atoms with E-state index in [0.29, 0.717) is 6.07 Å². The molecule has 1 aromatic rings. The zero-order valence-corrected chi connectivity index (χ0v) is 7.58. The van der Waals surface area contributed by atoms with Crippen LogP contribution in [0.5, 0.6) is 5.75 Å². The van der Waals surface area contributed by atoms with Gasteiger partial charge in [0.25, 0.3) is 0 Å². The van der Waals surface area contributed by atoms with Crippen LogP contribution in [0.15, 0.2) is 6.07 Å². The van der Waals surface area contributed by atoms with Crippen molar-refractivity contribution in [3.05, 3.63) is 22.7 Å². The van der Waals surface area contributed by atoms with E-state index in [1.807, 2.05) is 0 Å². The third kappa shape index (κ3) is 2.73. The largest absolute Gasteiger partial charge is 0.573 e. The molecule has 0 amide bonds. The molecule has 1 heterocycles. The van der Waals surface area contributed by atoms with Crippen molar-refractivity contribution in [3.63, 3.8) is 0 Å². The molecule has 78 valence electrons. The molecule has 14 heavy (non-hydrogen) atoms. The Morgan fingerprint density at radius 2 is 2.00 bits per heavy atom. The summed E-state index contributed by atoms with van der Waals surface area (Å²) in [7, 11) is 0. The van der Waals surface area contributed by atoms with E-state index in [-0.39, 0.29) is 5.69 Å². The Morgan fingerprint density at radius 3 is 2.50 bits per heavy atom. The molecule has 0 aliphatic carbocycles. The third-order valence-corrected chi connectivity index (χ3v) is 1.57. The quantitative estimate of drug-likeness (QED) is 0.545. The lowest BCUT2D eigenvalue weighted by Crippen LogP contribution is -2.18. The van der Waals surface area contributed by atoms with Gasteiger partial charge < -0.3 is 4.74 Å². The first kappa shape index (κ1) is 11.0. The Bertz CT molecular complexity index is 352. The molecule has 0 saturated heterocycles. The molecule has 7 heteroatoms. The number of nitrogens with zero attached hydrogens (tertiary/aromatic N) is 1. The SMILES string of the molecule is Cc1nc(Cl)c(F)cc1OC(F)(F)F. The van der Waals surface area contributed by atoms with E-state index in [2.05, 4.69) is 9.72 Å². The van der Waals surface area contributed by atoms with Crippen molar-refractivity contribution in [2.24, 2.45) is 0 Å². The van der Waals surface area contributed by atoms with Crippen molar-refractivity contribution >= 4 is 11.6 Å². The fourth-order valence-corrected chi connectivity index (χ4v) is 0.944. The first-order valence-electron chi connectivity index (χ1n) is 3.38. The lowest BCUT2D eigenvalue weighted by atomic mass is 10.3. The van der Waals surface area contributed by atoms with Crippen LogP contribution in [-0.4, -0.2) is 11.3 Å². The van der Waals surface area contributed by atoms with Crippen LogP contribution in [0.4, 0.5) is 17.6 Å². The molecular formula is C7H4ClF4NO. The first-order valence-corrected chi connectivity index (χ1v) is 3.76. The molecule has 0 aromatic carbocycles. The van der Waals surface area contributed by atoms with Crippen LogP contribution in [0, 0.1) is 12.7 Å². The van der Waals surface area contributed by atoms with Crippen LogP contribution in [0.3, 0.4) is 0 Å². The van der Waals surface area contributed by atoms with Gasteiger partial charge in [-0.2, -0.15) is 0 Å². The van der Waals surface area contributed by atoms with Crippen LogP contribution < -0.4 is 4.74 Å². The van der Waals surface area contributed by atoms with Gasteiger partial charge in [-0.05, 0) is 6.92 Å². The van der Waals surface area contributed by atoms with Gasteiger partial charge in [-0.15, -0.1) is 13.2 Å². The number of halogens is 5. The van der Waals surface area contributed by atoms with Crippen LogP contribution >= 0.6 is 11.6 Å². The zero-order chi connectivity index (χ0) is 10.9. The minimum absolute atomic E-state index is 0.131. The maximum atomic E-state index is 12.7. The van der Waals surface area contributed by atoms with E-state index < -0.39 is 23.1 Å². The molecular weight excluding hydrogens is 226 g/mol. The highest BCUT2D eigenvalue weighted by molar-refractivity contribution is 6.29. The predicted octanol–water partition coefficient (Wildman–Crippen LogP) is 3.08. The number of aromatic nitrogens is 1. The van der Waals surface area contributed by atoms with Gasteiger partial charge in [0.1, 0.15) is 0 Å². The Morgan fingerprint density at radius 1 is 1.43 bits per heavy atom. The molecule has 0 N–H and O–H groups in total.